The molecule has 3 rings (SSSR count). The van der Waals surface area contributed by atoms with Crippen molar-refractivity contribution in [1.82, 2.24) is 4.90 Å². The second-order valence-corrected chi connectivity index (χ2v) is 7.60. The van der Waals surface area contributed by atoms with E-state index in [1.165, 1.54) is 5.56 Å². The van der Waals surface area contributed by atoms with Crippen molar-refractivity contribution in [3.8, 4) is 5.75 Å². The minimum Gasteiger partial charge on any atom is -0.495 e. The number of hydrogen-bond acceptors (Lipinski definition) is 4. The van der Waals surface area contributed by atoms with Crippen molar-refractivity contribution in [2.75, 3.05) is 43.5 Å². The summed E-state index contributed by atoms with van der Waals surface area (Å²) in [6.45, 7) is 9.72. The van der Waals surface area contributed by atoms with Gasteiger partial charge in [0.15, 0.2) is 0 Å². The molecule has 1 atom stereocenters. The summed E-state index contributed by atoms with van der Waals surface area (Å²) in [5, 5.41) is 3.14. The number of rotatable bonds is 6. The summed E-state index contributed by atoms with van der Waals surface area (Å²) in [5.41, 5.74) is 3.21. The van der Waals surface area contributed by atoms with Gasteiger partial charge in [0.05, 0.1) is 18.8 Å². The number of para-hydroxylation sites is 3. The third-order valence-electron chi connectivity index (χ3n) is 5.51. The molecule has 28 heavy (non-hydrogen) atoms. The molecule has 0 spiro atoms. The number of hydrogen-bond donors (Lipinski definition) is 1. The minimum absolute atomic E-state index is 0.0545. The molecule has 150 valence electrons. The normalized spacial score (nSPS) is 16.1. The molecular formula is C23H31N3O2. The zero-order chi connectivity index (χ0) is 20.1. The van der Waals surface area contributed by atoms with Crippen LogP contribution < -0.4 is 15.0 Å². The molecule has 0 aliphatic carbocycles. The zero-order valence-corrected chi connectivity index (χ0v) is 17.3. The summed E-state index contributed by atoms with van der Waals surface area (Å²) in [5.74, 6) is 1.32. The van der Waals surface area contributed by atoms with Crippen LogP contribution >= 0.6 is 0 Å². The van der Waals surface area contributed by atoms with Crippen molar-refractivity contribution in [3.05, 3.63) is 54.1 Å². The van der Waals surface area contributed by atoms with E-state index in [0.29, 0.717) is 5.92 Å². The lowest BCUT2D eigenvalue weighted by Crippen LogP contribution is -2.53. The number of anilines is 2. The number of piperazine rings is 1. The third-order valence-corrected chi connectivity index (χ3v) is 5.51. The van der Waals surface area contributed by atoms with E-state index < -0.39 is 0 Å². The molecule has 5 heteroatoms. The van der Waals surface area contributed by atoms with E-state index in [2.05, 4.69) is 41.1 Å². The highest BCUT2D eigenvalue weighted by molar-refractivity contribution is 5.95. The Morgan fingerprint density at radius 2 is 1.61 bits per heavy atom. The van der Waals surface area contributed by atoms with Crippen LogP contribution in [0.25, 0.3) is 0 Å². The number of amides is 1. The van der Waals surface area contributed by atoms with Gasteiger partial charge in [0, 0.05) is 31.9 Å². The Hall–Kier alpha value is -2.53. The molecule has 1 fully saturated rings. The lowest BCUT2D eigenvalue weighted by molar-refractivity contribution is -0.120. The minimum atomic E-state index is -0.167. The Kier molecular flexibility index (Phi) is 6.57. The predicted octanol–water partition coefficient (Wildman–Crippen LogP) is 3.97. The standard InChI is InChI=1S/C23H31N3O2/c1-17(2)19-9-5-6-10-20(19)24-23(27)18(3)25-13-15-26(16-14-25)21-11-7-8-12-22(21)28-4/h5-12,17-18H,13-16H2,1-4H3,(H,24,27)/t18-/m0/s1. The van der Waals surface area contributed by atoms with Crippen LogP contribution in [0.5, 0.6) is 5.75 Å². The molecule has 1 saturated heterocycles. The fraction of sp³-hybridized carbons (Fsp3) is 0.435. The van der Waals surface area contributed by atoms with Crippen LogP contribution in [-0.4, -0.2) is 50.1 Å². The summed E-state index contributed by atoms with van der Waals surface area (Å²) in [6.07, 6.45) is 0. The van der Waals surface area contributed by atoms with E-state index in [1.807, 2.05) is 43.3 Å². The van der Waals surface area contributed by atoms with Crippen LogP contribution in [0.1, 0.15) is 32.3 Å². The maximum atomic E-state index is 12.9. The van der Waals surface area contributed by atoms with Gasteiger partial charge in [0.2, 0.25) is 5.91 Å². The Morgan fingerprint density at radius 1 is 0.964 bits per heavy atom. The maximum absolute atomic E-state index is 12.9. The van der Waals surface area contributed by atoms with Crippen LogP contribution in [0.3, 0.4) is 0 Å². The SMILES string of the molecule is COc1ccccc1N1CCN([C@@H](C)C(=O)Nc2ccccc2C(C)C)CC1. The first-order chi connectivity index (χ1) is 13.5. The van der Waals surface area contributed by atoms with Gasteiger partial charge in [-0.3, -0.25) is 9.69 Å². The van der Waals surface area contributed by atoms with Crippen LogP contribution in [0.15, 0.2) is 48.5 Å². The molecule has 2 aromatic carbocycles. The number of methoxy groups -OCH3 is 1. The van der Waals surface area contributed by atoms with Crippen molar-refractivity contribution in [3.63, 3.8) is 0 Å². The third kappa shape index (κ3) is 4.47. The number of carbonyl (C=O) groups excluding carboxylic acids is 1. The average molecular weight is 382 g/mol. The number of nitrogens with zero attached hydrogens (tertiary/aromatic N) is 2. The van der Waals surface area contributed by atoms with E-state index in [-0.39, 0.29) is 11.9 Å². The smallest absolute Gasteiger partial charge is 0.241 e. The Labute approximate surface area is 168 Å². The zero-order valence-electron chi connectivity index (χ0n) is 17.3. The lowest BCUT2D eigenvalue weighted by atomic mass is 10.0. The number of nitrogens with one attached hydrogen (secondary N) is 1. The van der Waals surface area contributed by atoms with Gasteiger partial charge < -0.3 is 15.0 Å². The molecule has 0 aromatic heterocycles. The van der Waals surface area contributed by atoms with Gasteiger partial charge in [-0.05, 0) is 36.6 Å². The summed E-state index contributed by atoms with van der Waals surface area (Å²) in [6, 6.07) is 16.0. The van der Waals surface area contributed by atoms with E-state index in [4.69, 9.17) is 4.74 Å². The Bertz CT molecular complexity index is 798. The van der Waals surface area contributed by atoms with Crippen molar-refractivity contribution in [1.29, 1.82) is 0 Å². The first kappa shape index (κ1) is 20.2. The Morgan fingerprint density at radius 3 is 2.29 bits per heavy atom. The molecule has 0 saturated carbocycles. The second-order valence-electron chi connectivity index (χ2n) is 7.60. The number of ether oxygens (including phenoxy) is 1. The van der Waals surface area contributed by atoms with Gasteiger partial charge >= 0.3 is 0 Å². The van der Waals surface area contributed by atoms with E-state index in [9.17, 15) is 4.79 Å². The molecule has 1 N–H and O–H groups in total. The van der Waals surface area contributed by atoms with Crippen LogP contribution in [0.4, 0.5) is 11.4 Å². The first-order valence-electron chi connectivity index (χ1n) is 10.0. The molecule has 1 amide bonds. The highest BCUT2D eigenvalue weighted by atomic mass is 16.5. The molecule has 2 aromatic rings. The molecule has 0 bridgehead atoms. The molecular weight excluding hydrogens is 350 g/mol. The van der Waals surface area contributed by atoms with E-state index >= 15 is 0 Å². The van der Waals surface area contributed by atoms with Crippen LogP contribution in [0.2, 0.25) is 0 Å². The number of benzene rings is 2. The summed E-state index contributed by atoms with van der Waals surface area (Å²) in [4.78, 5) is 17.4. The summed E-state index contributed by atoms with van der Waals surface area (Å²) in [7, 11) is 1.70. The first-order valence-corrected chi connectivity index (χ1v) is 10.0. The highest BCUT2D eigenvalue weighted by Gasteiger charge is 2.27. The second kappa shape index (κ2) is 9.11. The van der Waals surface area contributed by atoms with E-state index in [1.54, 1.807) is 7.11 Å². The molecule has 5 nitrogen and oxygen atoms in total. The fourth-order valence-corrected chi connectivity index (χ4v) is 3.76. The van der Waals surface area contributed by atoms with Crippen LogP contribution in [-0.2, 0) is 4.79 Å². The van der Waals surface area contributed by atoms with Crippen molar-refractivity contribution in [2.45, 2.75) is 32.7 Å². The predicted molar refractivity (Wildman–Crippen MR) is 115 cm³/mol. The van der Waals surface area contributed by atoms with Gasteiger partial charge in [0.1, 0.15) is 5.75 Å². The maximum Gasteiger partial charge on any atom is 0.241 e. The average Bonchev–Trinajstić information content (AvgIpc) is 2.73. The molecule has 0 unspecified atom stereocenters. The van der Waals surface area contributed by atoms with Crippen molar-refractivity contribution >= 4 is 17.3 Å². The topological polar surface area (TPSA) is 44.8 Å². The van der Waals surface area contributed by atoms with Gasteiger partial charge in [0.25, 0.3) is 0 Å². The van der Waals surface area contributed by atoms with Crippen molar-refractivity contribution in [2.24, 2.45) is 0 Å². The number of carbonyl (C=O) groups is 1. The van der Waals surface area contributed by atoms with Gasteiger partial charge in [-0.1, -0.05) is 44.2 Å². The van der Waals surface area contributed by atoms with Crippen LogP contribution in [0, 0.1) is 0 Å². The molecule has 1 heterocycles. The lowest BCUT2D eigenvalue weighted by Gasteiger charge is -2.39. The quantitative estimate of drug-likeness (QED) is 0.822. The highest BCUT2D eigenvalue weighted by Crippen LogP contribution is 2.29. The monoisotopic (exact) mass is 381 g/mol. The van der Waals surface area contributed by atoms with Gasteiger partial charge in [-0.25, -0.2) is 0 Å². The summed E-state index contributed by atoms with van der Waals surface area (Å²) < 4.78 is 5.49. The fourth-order valence-electron chi connectivity index (χ4n) is 3.76. The Balaban J connectivity index is 1.61. The molecule has 1 aliphatic heterocycles. The molecule has 1 aliphatic rings. The van der Waals surface area contributed by atoms with Gasteiger partial charge in [-0.2, -0.15) is 0 Å². The van der Waals surface area contributed by atoms with E-state index in [0.717, 1.165) is 43.3 Å². The summed E-state index contributed by atoms with van der Waals surface area (Å²) >= 11 is 0. The molecule has 0 radical (unpaired) electrons. The largest absolute Gasteiger partial charge is 0.495 e. The van der Waals surface area contributed by atoms with Crippen molar-refractivity contribution < 1.29 is 9.53 Å². The van der Waals surface area contributed by atoms with Gasteiger partial charge in [-0.15, -0.1) is 0 Å².